The predicted molar refractivity (Wildman–Crippen MR) is 80.7 cm³/mol. The summed E-state index contributed by atoms with van der Waals surface area (Å²) in [6.45, 7) is 0. The standard InChI is InChI=1S/C17H11F3N2O/c18-17(19,20)13-6-3-10(4-7-13)14-8-5-11-1-2-12(16(21)23)9-15(11)22-14/h1-9H,(H2,21,23). The molecule has 0 radical (unpaired) electrons. The molecule has 0 fully saturated rings. The molecular formula is C17H11F3N2O. The van der Waals surface area contributed by atoms with Crippen LogP contribution in [0.4, 0.5) is 13.2 Å². The Morgan fingerprint density at radius 1 is 0.957 bits per heavy atom. The van der Waals surface area contributed by atoms with Gasteiger partial charge in [0.2, 0.25) is 5.91 Å². The number of nitrogens with zero attached hydrogens (tertiary/aromatic N) is 1. The molecule has 1 amide bonds. The number of pyridine rings is 1. The summed E-state index contributed by atoms with van der Waals surface area (Å²) in [5.41, 5.74) is 6.49. The van der Waals surface area contributed by atoms with Gasteiger partial charge in [0, 0.05) is 16.5 Å². The molecule has 6 heteroatoms. The zero-order chi connectivity index (χ0) is 16.6. The minimum absolute atomic E-state index is 0.328. The number of benzene rings is 2. The van der Waals surface area contributed by atoms with Gasteiger partial charge in [-0.05, 0) is 30.3 Å². The molecule has 3 rings (SSSR count). The number of amides is 1. The first-order valence-electron chi connectivity index (χ1n) is 6.73. The lowest BCUT2D eigenvalue weighted by Gasteiger charge is -2.08. The van der Waals surface area contributed by atoms with E-state index in [9.17, 15) is 18.0 Å². The number of fused-ring (bicyclic) bond motifs is 1. The highest BCUT2D eigenvalue weighted by Gasteiger charge is 2.29. The normalized spacial score (nSPS) is 11.6. The van der Waals surface area contributed by atoms with Crippen molar-refractivity contribution in [1.82, 2.24) is 4.98 Å². The zero-order valence-corrected chi connectivity index (χ0v) is 11.8. The third-order valence-corrected chi connectivity index (χ3v) is 3.48. The minimum atomic E-state index is -4.37. The predicted octanol–water partition coefficient (Wildman–Crippen LogP) is 4.02. The van der Waals surface area contributed by atoms with Crippen molar-refractivity contribution in [2.75, 3.05) is 0 Å². The van der Waals surface area contributed by atoms with Gasteiger partial charge in [-0.3, -0.25) is 4.79 Å². The Balaban J connectivity index is 2.04. The summed E-state index contributed by atoms with van der Waals surface area (Å²) in [5.74, 6) is -0.561. The van der Waals surface area contributed by atoms with Gasteiger partial charge in [0.25, 0.3) is 0 Å². The van der Waals surface area contributed by atoms with E-state index >= 15 is 0 Å². The van der Waals surface area contributed by atoms with Gasteiger partial charge in [0.15, 0.2) is 0 Å². The monoisotopic (exact) mass is 316 g/mol. The second-order valence-electron chi connectivity index (χ2n) is 5.04. The van der Waals surface area contributed by atoms with Crippen LogP contribution < -0.4 is 5.73 Å². The highest BCUT2D eigenvalue weighted by molar-refractivity contribution is 5.97. The van der Waals surface area contributed by atoms with E-state index in [1.165, 1.54) is 12.1 Å². The lowest BCUT2D eigenvalue weighted by Crippen LogP contribution is -2.10. The quantitative estimate of drug-likeness (QED) is 0.776. The van der Waals surface area contributed by atoms with E-state index in [4.69, 9.17) is 5.73 Å². The molecule has 0 unspecified atom stereocenters. The molecule has 0 bridgehead atoms. The second-order valence-corrected chi connectivity index (χ2v) is 5.04. The van der Waals surface area contributed by atoms with Crippen molar-refractivity contribution < 1.29 is 18.0 Å². The van der Waals surface area contributed by atoms with Crippen molar-refractivity contribution in [3.05, 3.63) is 65.7 Å². The van der Waals surface area contributed by atoms with Gasteiger partial charge in [-0.2, -0.15) is 13.2 Å². The lowest BCUT2D eigenvalue weighted by atomic mass is 10.1. The average Bonchev–Trinajstić information content (AvgIpc) is 2.53. The number of primary amides is 1. The van der Waals surface area contributed by atoms with Crippen LogP contribution in [0.2, 0.25) is 0 Å². The van der Waals surface area contributed by atoms with E-state index in [-0.39, 0.29) is 0 Å². The van der Waals surface area contributed by atoms with E-state index in [1.807, 2.05) is 0 Å². The molecule has 0 spiro atoms. The Labute approximate surface area is 129 Å². The molecule has 0 saturated heterocycles. The Hall–Kier alpha value is -2.89. The molecule has 3 nitrogen and oxygen atoms in total. The van der Waals surface area contributed by atoms with Crippen LogP contribution in [0.15, 0.2) is 54.6 Å². The van der Waals surface area contributed by atoms with E-state index in [1.54, 1.807) is 30.3 Å². The molecule has 1 aromatic heterocycles. The maximum Gasteiger partial charge on any atom is 0.416 e. The fourth-order valence-electron chi connectivity index (χ4n) is 2.26. The molecular weight excluding hydrogens is 305 g/mol. The van der Waals surface area contributed by atoms with E-state index < -0.39 is 17.6 Å². The van der Waals surface area contributed by atoms with Crippen molar-refractivity contribution in [3.8, 4) is 11.3 Å². The van der Waals surface area contributed by atoms with Crippen LogP contribution in [0.1, 0.15) is 15.9 Å². The summed E-state index contributed by atoms with van der Waals surface area (Å²) in [6.07, 6.45) is -4.37. The fourth-order valence-corrected chi connectivity index (χ4v) is 2.26. The van der Waals surface area contributed by atoms with E-state index in [0.717, 1.165) is 17.5 Å². The van der Waals surface area contributed by atoms with Gasteiger partial charge in [0.1, 0.15) is 0 Å². The summed E-state index contributed by atoms with van der Waals surface area (Å²) >= 11 is 0. The molecule has 3 aromatic rings. The molecule has 1 heterocycles. The highest BCUT2D eigenvalue weighted by Crippen LogP contribution is 2.31. The molecule has 0 aliphatic carbocycles. The van der Waals surface area contributed by atoms with Crippen molar-refractivity contribution in [2.45, 2.75) is 6.18 Å². The van der Waals surface area contributed by atoms with Crippen LogP contribution in [0, 0.1) is 0 Å². The Kier molecular flexibility index (Phi) is 3.52. The van der Waals surface area contributed by atoms with Crippen LogP contribution in [-0.4, -0.2) is 10.9 Å². The molecule has 23 heavy (non-hydrogen) atoms. The summed E-state index contributed by atoms with van der Waals surface area (Å²) in [6, 6.07) is 13.2. The zero-order valence-electron chi connectivity index (χ0n) is 11.8. The number of rotatable bonds is 2. The number of aromatic nitrogens is 1. The third-order valence-electron chi connectivity index (χ3n) is 3.48. The average molecular weight is 316 g/mol. The van der Waals surface area contributed by atoms with Gasteiger partial charge in [0.05, 0.1) is 16.8 Å². The largest absolute Gasteiger partial charge is 0.416 e. The first-order chi connectivity index (χ1) is 10.8. The van der Waals surface area contributed by atoms with E-state index in [0.29, 0.717) is 22.3 Å². The second kappa shape index (κ2) is 5.39. The molecule has 2 aromatic carbocycles. The summed E-state index contributed by atoms with van der Waals surface area (Å²) in [4.78, 5) is 15.6. The van der Waals surface area contributed by atoms with Crippen molar-refractivity contribution >= 4 is 16.8 Å². The van der Waals surface area contributed by atoms with Gasteiger partial charge in [-0.1, -0.05) is 24.3 Å². The smallest absolute Gasteiger partial charge is 0.366 e. The SMILES string of the molecule is NC(=O)c1ccc2ccc(-c3ccc(C(F)(F)F)cc3)nc2c1. The summed E-state index contributed by atoms with van der Waals surface area (Å²) < 4.78 is 37.8. The lowest BCUT2D eigenvalue weighted by molar-refractivity contribution is -0.137. The topological polar surface area (TPSA) is 56.0 Å². The number of carbonyl (C=O) groups excluding carboxylic acids is 1. The van der Waals surface area contributed by atoms with Crippen LogP contribution in [0.3, 0.4) is 0 Å². The van der Waals surface area contributed by atoms with Crippen molar-refractivity contribution in [3.63, 3.8) is 0 Å². The summed E-state index contributed by atoms with van der Waals surface area (Å²) in [5, 5.41) is 0.811. The maximum absolute atomic E-state index is 12.6. The van der Waals surface area contributed by atoms with Gasteiger partial charge >= 0.3 is 6.18 Å². The number of nitrogens with two attached hydrogens (primary N) is 1. The molecule has 0 aliphatic heterocycles. The third kappa shape index (κ3) is 3.01. The molecule has 116 valence electrons. The van der Waals surface area contributed by atoms with Crippen LogP contribution in [0.25, 0.3) is 22.2 Å². The number of hydrogen-bond donors (Lipinski definition) is 1. The van der Waals surface area contributed by atoms with Gasteiger partial charge in [-0.15, -0.1) is 0 Å². The first kappa shape index (κ1) is 15.0. The number of halogens is 3. The number of carbonyl (C=O) groups is 1. The number of alkyl halides is 3. The number of hydrogen-bond acceptors (Lipinski definition) is 2. The van der Waals surface area contributed by atoms with Gasteiger partial charge in [-0.25, -0.2) is 4.98 Å². The van der Waals surface area contributed by atoms with Gasteiger partial charge < -0.3 is 5.73 Å². The summed E-state index contributed by atoms with van der Waals surface area (Å²) in [7, 11) is 0. The minimum Gasteiger partial charge on any atom is -0.366 e. The maximum atomic E-state index is 12.6. The van der Waals surface area contributed by atoms with E-state index in [2.05, 4.69) is 4.98 Å². The van der Waals surface area contributed by atoms with Crippen LogP contribution >= 0.6 is 0 Å². The molecule has 0 aliphatic rings. The van der Waals surface area contributed by atoms with Crippen LogP contribution in [-0.2, 0) is 6.18 Å². The highest BCUT2D eigenvalue weighted by atomic mass is 19.4. The fraction of sp³-hybridized carbons (Fsp3) is 0.0588. The first-order valence-corrected chi connectivity index (χ1v) is 6.73. The van der Waals surface area contributed by atoms with Crippen molar-refractivity contribution in [2.24, 2.45) is 5.73 Å². The Morgan fingerprint density at radius 2 is 1.61 bits per heavy atom. The molecule has 0 saturated carbocycles. The van der Waals surface area contributed by atoms with Crippen LogP contribution in [0.5, 0.6) is 0 Å². The Morgan fingerprint density at radius 3 is 2.22 bits per heavy atom. The Bertz CT molecular complexity index is 886. The molecule has 0 atom stereocenters. The molecule has 2 N–H and O–H groups in total. The van der Waals surface area contributed by atoms with Crippen molar-refractivity contribution in [1.29, 1.82) is 0 Å².